The Morgan fingerprint density at radius 2 is 2.00 bits per heavy atom. The molecule has 0 atom stereocenters. The molecule has 0 bridgehead atoms. The molecule has 1 aromatic heterocycles. The smallest absolute Gasteiger partial charge is 0.136 e. The molecule has 17 heavy (non-hydrogen) atoms. The number of likely N-dealkylation sites (N-methyl/N-ethyl adjacent to an activating group) is 1. The first kappa shape index (κ1) is 12.3. The van der Waals surface area contributed by atoms with E-state index < -0.39 is 0 Å². The van der Waals surface area contributed by atoms with Gasteiger partial charge in [0.2, 0.25) is 0 Å². The molecular weight excluding hydrogens is 214 g/mol. The Morgan fingerprint density at radius 1 is 1.29 bits per heavy atom. The van der Waals surface area contributed by atoms with Crippen molar-refractivity contribution >= 4 is 5.82 Å². The highest BCUT2D eigenvalue weighted by molar-refractivity contribution is 5.46. The SMILES string of the molecule is CCN1CCN(c2nc(C)ncc2CN)CC1. The lowest BCUT2D eigenvalue weighted by Crippen LogP contribution is -2.46. The lowest BCUT2D eigenvalue weighted by atomic mass is 10.2. The topological polar surface area (TPSA) is 58.3 Å². The molecule has 1 aromatic rings. The normalized spacial score (nSPS) is 17.5. The quantitative estimate of drug-likeness (QED) is 0.821. The standard InChI is InChI=1S/C12H21N5/c1-3-16-4-6-17(7-5-16)12-11(8-13)9-14-10(2)15-12/h9H,3-8,13H2,1-2H3. The highest BCUT2D eigenvalue weighted by atomic mass is 15.3. The van der Waals surface area contributed by atoms with Crippen molar-refractivity contribution < 1.29 is 0 Å². The summed E-state index contributed by atoms with van der Waals surface area (Å²) in [6.45, 7) is 10.0. The Labute approximate surface area is 103 Å². The number of aromatic nitrogens is 2. The van der Waals surface area contributed by atoms with E-state index in [9.17, 15) is 0 Å². The molecule has 1 saturated heterocycles. The first-order valence-corrected chi connectivity index (χ1v) is 6.24. The lowest BCUT2D eigenvalue weighted by molar-refractivity contribution is 0.270. The molecule has 2 heterocycles. The molecule has 0 aromatic carbocycles. The van der Waals surface area contributed by atoms with Gasteiger partial charge in [0.25, 0.3) is 0 Å². The average Bonchev–Trinajstić information content (AvgIpc) is 2.39. The van der Waals surface area contributed by atoms with Crippen LogP contribution < -0.4 is 10.6 Å². The third kappa shape index (κ3) is 2.73. The summed E-state index contributed by atoms with van der Waals surface area (Å²) in [5, 5.41) is 0. The van der Waals surface area contributed by atoms with Crippen LogP contribution in [0.2, 0.25) is 0 Å². The zero-order valence-electron chi connectivity index (χ0n) is 10.7. The molecule has 5 heteroatoms. The molecule has 0 radical (unpaired) electrons. The predicted octanol–water partition coefficient (Wildman–Crippen LogP) is 0.386. The van der Waals surface area contributed by atoms with Gasteiger partial charge in [-0.3, -0.25) is 0 Å². The second-order valence-corrected chi connectivity index (χ2v) is 4.39. The molecule has 0 saturated carbocycles. The van der Waals surface area contributed by atoms with Crippen LogP contribution in [-0.2, 0) is 6.54 Å². The fourth-order valence-electron chi connectivity index (χ4n) is 2.18. The van der Waals surface area contributed by atoms with E-state index >= 15 is 0 Å². The Balaban J connectivity index is 2.14. The van der Waals surface area contributed by atoms with Gasteiger partial charge < -0.3 is 15.5 Å². The Bertz CT molecular complexity index is 371. The van der Waals surface area contributed by atoms with E-state index in [-0.39, 0.29) is 0 Å². The molecule has 0 spiro atoms. The fourth-order valence-corrected chi connectivity index (χ4v) is 2.18. The average molecular weight is 235 g/mol. The van der Waals surface area contributed by atoms with Crippen LogP contribution in [0.15, 0.2) is 6.20 Å². The zero-order valence-corrected chi connectivity index (χ0v) is 10.7. The number of aryl methyl sites for hydroxylation is 1. The maximum absolute atomic E-state index is 5.74. The van der Waals surface area contributed by atoms with E-state index in [0.717, 1.165) is 49.9 Å². The molecule has 1 fully saturated rings. The van der Waals surface area contributed by atoms with Gasteiger partial charge in [-0.15, -0.1) is 0 Å². The van der Waals surface area contributed by atoms with Gasteiger partial charge >= 0.3 is 0 Å². The minimum absolute atomic E-state index is 0.504. The van der Waals surface area contributed by atoms with Gasteiger partial charge in [0.15, 0.2) is 0 Å². The summed E-state index contributed by atoms with van der Waals surface area (Å²) in [7, 11) is 0. The van der Waals surface area contributed by atoms with E-state index in [1.165, 1.54) is 0 Å². The van der Waals surface area contributed by atoms with Gasteiger partial charge in [0.05, 0.1) is 0 Å². The monoisotopic (exact) mass is 235 g/mol. The van der Waals surface area contributed by atoms with Crippen molar-refractivity contribution in [3.63, 3.8) is 0 Å². The van der Waals surface area contributed by atoms with Crippen molar-refractivity contribution in [3.05, 3.63) is 17.6 Å². The van der Waals surface area contributed by atoms with E-state index in [0.29, 0.717) is 6.54 Å². The first-order valence-electron chi connectivity index (χ1n) is 6.24. The summed E-state index contributed by atoms with van der Waals surface area (Å²) in [5.74, 6) is 1.84. The van der Waals surface area contributed by atoms with E-state index in [4.69, 9.17) is 5.73 Å². The number of rotatable bonds is 3. The molecule has 2 rings (SSSR count). The number of anilines is 1. The number of nitrogens with two attached hydrogens (primary N) is 1. The zero-order chi connectivity index (χ0) is 12.3. The van der Waals surface area contributed by atoms with Crippen molar-refractivity contribution in [2.45, 2.75) is 20.4 Å². The first-order chi connectivity index (χ1) is 8.24. The largest absolute Gasteiger partial charge is 0.354 e. The van der Waals surface area contributed by atoms with Crippen LogP contribution in [0.1, 0.15) is 18.3 Å². The maximum atomic E-state index is 5.74. The van der Waals surface area contributed by atoms with Crippen LogP contribution in [0.4, 0.5) is 5.82 Å². The minimum Gasteiger partial charge on any atom is -0.354 e. The van der Waals surface area contributed by atoms with Gasteiger partial charge in [-0.1, -0.05) is 6.92 Å². The van der Waals surface area contributed by atoms with Gasteiger partial charge in [-0.05, 0) is 13.5 Å². The Hall–Kier alpha value is -1.20. The van der Waals surface area contributed by atoms with Crippen LogP contribution in [0.3, 0.4) is 0 Å². The van der Waals surface area contributed by atoms with Crippen molar-refractivity contribution in [2.75, 3.05) is 37.6 Å². The molecule has 0 aliphatic carbocycles. The molecule has 94 valence electrons. The number of hydrogen-bond donors (Lipinski definition) is 1. The molecule has 2 N–H and O–H groups in total. The summed E-state index contributed by atoms with van der Waals surface area (Å²) in [4.78, 5) is 13.5. The van der Waals surface area contributed by atoms with E-state index in [1.807, 2.05) is 13.1 Å². The van der Waals surface area contributed by atoms with Gasteiger partial charge in [0, 0.05) is 44.5 Å². The Kier molecular flexibility index (Phi) is 3.91. The van der Waals surface area contributed by atoms with Crippen LogP contribution in [0.5, 0.6) is 0 Å². The van der Waals surface area contributed by atoms with Crippen LogP contribution in [-0.4, -0.2) is 47.6 Å². The Morgan fingerprint density at radius 3 is 2.59 bits per heavy atom. The van der Waals surface area contributed by atoms with Gasteiger partial charge in [0.1, 0.15) is 11.6 Å². The second kappa shape index (κ2) is 5.42. The van der Waals surface area contributed by atoms with Crippen molar-refractivity contribution in [1.29, 1.82) is 0 Å². The van der Waals surface area contributed by atoms with Crippen molar-refractivity contribution in [1.82, 2.24) is 14.9 Å². The molecule has 1 aliphatic heterocycles. The highest BCUT2D eigenvalue weighted by Crippen LogP contribution is 2.18. The van der Waals surface area contributed by atoms with Gasteiger partial charge in [-0.25, -0.2) is 9.97 Å². The van der Waals surface area contributed by atoms with Gasteiger partial charge in [-0.2, -0.15) is 0 Å². The summed E-state index contributed by atoms with van der Waals surface area (Å²) >= 11 is 0. The number of nitrogens with zero attached hydrogens (tertiary/aromatic N) is 4. The number of piperazine rings is 1. The van der Waals surface area contributed by atoms with E-state index in [2.05, 4.69) is 26.7 Å². The number of hydrogen-bond acceptors (Lipinski definition) is 5. The second-order valence-electron chi connectivity index (χ2n) is 4.39. The van der Waals surface area contributed by atoms with Crippen LogP contribution in [0, 0.1) is 6.92 Å². The fraction of sp³-hybridized carbons (Fsp3) is 0.667. The lowest BCUT2D eigenvalue weighted by Gasteiger charge is -2.35. The summed E-state index contributed by atoms with van der Waals surface area (Å²) < 4.78 is 0. The maximum Gasteiger partial charge on any atom is 0.136 e. The summed E-state index contributed by atoms with van der Waals surface area (Å²) in [6, 6.07) is 0. The molecule has 1 aliphatic rings. The van der Waals surface area contributed by atoms with Crippen molar-refractivity contribution in [2.24, 2.45) is 5.73 Å². The summed E-state index contributed by atoms with van der Waals surface area (Å²) in [6.07, 6.45) is 1.85. The molecular formula is C12H21N5. The molecule has 0 amide bonds. The van der Waals surface area contributed by atoms with Crippen LogP contribution >= 0.6 is 0 Å². The van der Waals surface area contributed by atoms with E-state index in [1.54, 1.807) is 0 Å². The molecule has 5 nitrogen and oxygen atoms in total. The molecule has 0 unspecified atom stereocenters. The third-order valence-corrected chi connectivity index (χ3v) is 3.30. The van der Waals surface area contributed by atoms with Crippen LogP contribution in [0.25, 0.3) is 0 Å². The highest BCUT2D eigenvalue weighted by Gasteiger charge is 2.19. The predicted molar refractivity (Wildman–Crippen MR) is 69.0 cm³/mol. The third-order valence-electron chi connectivity index (χ3n) is 3.30. The summed E-state index contributed by atoms with van der Waals surface area (Å²) in [5.41, 5.74) is 6.79. The van der Waals surface area contributed by atoms with Crippen molar-refractivity contribution in [3.8, 4) is 0 Å². The minimum atomic E-state index is 0.504.